The topological polar surface area (TPSA) is 12.0 Å². The Hall–Kier alpha value is -0.0800. The molecule has 0 radical (unpaired) electrons. The van der Waals surface area contributed by atoms with Gasteiger partial charge in [-0.2, -0.15) is 0 Å². The highest BCUT2D eigenvalue weighted by molar-refractivity contribution is 4.41. The normalized spacial score (nSPS) is 10.7. The van der Waals surface area contributed by atoms with E-state index in [9.17, 15) is 0 Å². The standard InChI is InChI=1S/C10H25N2.C2H6/c1-5-6-9-12(3,4)10-7-8-11-2;1-2/h11H,5-10H2,1-4H3;1-2H3/q+1;. The Balaban J connectivity index is 0. The van der Waals surface area contributed by atoms with E-state index >= 15 is 0 Å². The molecule has 0 amide bonds. The molecule has 0 spiro atoms. The second-order valence-corrected chi connectivity index (χ2v) is 4.19. The lowest BCUT2D eigenvalue weighted by atomic mass is 10.2. The molecule has 14 heavy (non-hydrogen) atoms. The highest BCUT2D eigenvalue weighted by Gasteiger charge is 2.12. The summed E-state index contributed by atoms with van der Waals surface area (Å²) in [7, 11) is 6.67. The average molecular weight is 203 g/mol. The maximum Gasteiger partial charge on any atom is 0.0794 e. The van der Waals surface area contributed by atoms with Crippen molar-refractivity contribution in [2.24, 2.45) is 0 Å². The first-order chi connectivity index (χ1) is 6.62. The molecule has 0 bridgehead atoms. The number of nitrogens with zero attached hydrogens (tertiary/aromatic N) is 1. The van der Waals surface area contributed by atoms with Crippen LogP contribution >= 0.6 is 0 Å². The van der Waals surface area contributed by atoms with Crippen LogP contribution in [0.3, 0.4) is 0 Å². The van der Waals surface area contributed by atoms with Crippen LogP contribution in [0.4, 0.5) is 0 Å². The molecular formula is C12H31N2+. The molecule has 0 aromatic carbocycles. The van der Waals surface area contributed by atoms with Gasteiger partial charge in [-0.05, 0) is 13.5 Å². The van der Waals surface area contributed by atoms with Crippen molar-refractivity contribution in [3.8, 4) is 0 Å². The van der Waals surface area contributed by atoms with E-state index in [0.29, 0.717) is 0 Å². The summed E-state index contributed by atoms with van der Waals surface area (Å²) in [5.41, 5.74) is 0. The summed E-state index contributed by atoms with van der Waals surface area (Å²) < 4.78 is 1.18. The average Bonchev–Trinajstić information content (AvgIpc) is 2.18. The molecule has 0 heterocycles. The minimum Gasteiger partial charge on any atom is -0.328 e. The molecule has 0 unspecified atom stereocenters. The van der Waals surface area contributed by atoms with Gasteiger partial charge < -0.3 is 9.80 Å². The first kappa shape index (κ1) is 16.4. The first-order valence-electron chi connectivity index (χ1n) is 6.09. The van der Waals surface area contributed by atoms with Crippen LogP contribution in [-0.4, -0.2) is 45.3 Å². The fraction of sp³-hybridized carbons (Fsp3) is 1.00. The van der Waals surface area contributed by atoms with Crippen molar-refractivity contribution >= 4 is 0 Å². The van der Waals surface area contributed by atoms with Gasteiger partial charge in [0.05, 0.1) is 27.2 Å². The third kappa shape index (κ3) is 11.9. The number of unbranched alkanes of at least 4 members (excludes halogenated alkanes) is 1. The van der Waals surface area contributed by atoms with E-state index in [-0.39, 0.29) is 0 Å². The monoisotopic (exact) mass is 203 g/mol. The predicted molar refractivity (Wildman–Crippen MR) is 66.6 cm³/mol. The molecule has 2 heteroatoms. The fourth-order valence-electron chi connectivity index (χ4n) is 1.38. The zero-order valence-corrected chi connectivity index (χ0v) is 11.2. The molecule has 2 nitrogen and oxygen atoms in total. The molecule has 0 saturated heterocycles. The Bertz CT molecular complexity index is 100. The summed E-state index contributed by atoms with van der Waals surface area (Å²) in [5, 5.41) is 3.19. The number of hydrogen-bond donors (Lipinski definition) is 1. The number of nitrogens with one attached hydrogen (secondary N) is 1. The maximum atomic E-state index is 3.19. The SMILES string of the molecule is CC.CCCC[N+](C)(C)CCCNC. The molecule has 0 aromatic rings. The van der Waals surface area contributed by atoms with E-state index in [4.69, 9.17) is 0 Å². The summed E-state index contributed by atoms with van der Waals surface area (Å²) in [6.07, 6.45) is 3.95. The molecule has 0 aromatic heterocycles. The summed E-state index contributed by atoms with van der Waals surface area (Å²) in [5.74, 6) is 0. The van der Waals surface area contributed by atoms with Gasteiger partial charge in [-0.3, -0.25) is 0 Å². The third-order valence-corrected chi connectivity index (χ3v) is 2.31. The van der Waals surface area contributed by atoms with Crippen LogP contribution in [0.5, 0.6) is 0 Å². The molecule has 0 saturated carbocycles. The Morgan fingerprint density at radius 3 is 1.93 bits per heavy atom. The van der Waals surface area contributed by atoms with Gasteiger partial charge in [0.15, 0.2) is 0 Å². The van der Waals surface area contributed by atoms with Crippen molar-refractivity contribution in [3.05, 3.63) is 0 Å². The van der Waals surface area contributed by atoms with E-state index in [2.05, 4.69) is 26.3 Å². The molecule has 0 aliphatic heterocycles. The zero-order valence-electron chi connectivity index (χ0n) is 11.2. The van der Waals surface area contributed by atoms with E-state index in [1.165, 1.54) is 36.8 Å². The van der Waals surface area contributed by atoms with Crippen molar-refractivity contribution in [2.45, 2.75) is 40.0 Å². The van der Waals surface area contributed by atoms with Crippen LogP contribution in [0, 0.1) is 0 Å². The molecule has 0 aliphatic rings. The largest absolute Gasteiger partial charge is 0.328 e. The molecule has 0 atom stereocenters. The van der Waals surface area contributed by atoms with Gasteiger partial charge in [0.25, 0.3) is 0 Å². The summed E-state index contributed by atoms with van der Waals surface area (Å²) >= 11 is 0. The first-order valence-corrected chi connectivity index (χ1v) is 6.09. The van der Waals surface area contributed by atoms with Crippen LogP contribution in [0.1, 0.15) is 40.0 Å². The second-order valence-electron chi connectivity index (χ2n) is 4.19. The van der Waals surface area contributed by atoms with E-state index in [1.807, 2.05) is 20.9 Å². The van der Waals surface area contributed by atoms with Gasteiger partial charge >= 0.3 is 0 Å². The predicted octanol–water partition coefficient (Wildman–Crippen LogP) is 2.50. The highest BCUT2D eigenvalue weighted by Crippen LogP contribution is 2.02. The Morgan fingerprint density at radius 1 is 1.00 bits per heavy atom. The Morgan fingerprint density at radius 2 is 1.50 bits per heavy atom. The van der Waals surface area contributed by atoms with Crippen LogP contribution in [0.2, 0.25) is 0 Å². The lowest BCUT2D eigenvalue weighted by molar-refractivity contribution is -0.890. The summed E-state index contributed by atoms with van der Waals surface area (Å²) in [4.78, 5) is 0. The van der Waals surface area contributed by atoms with Crippen molar-refractivity contribution in [3.63, 3.8) is 0 Å². The smallest absolute Gasteiger partial charge is 0.0794 e. The lowest BCUT2D eigenvalue weighted by Gasteiger charge is -2.29. The number of rotatable bonds is 7. The fourth-order valence-corrected chi connectivity index (χ4v) is 1.38. The molecule has 88 valence electrons. The summed E-state index contributed by atoms with van der Waals surface area (Å²) in [6.45, 7) is 10.0. The van der Waals surface area contributed by atoms with Crippen LogP contribution in [0.15, 0.2) is 0 Å². The van der Waals surface area contributed by atoms with Crippen molar-refractivity contribution in [1.82, 2.24) is 5.32 Å². The molecule has 0 rings (SSSR count). The van der Waals surface area contributed by atoms with E-state index in [1.54, 1.807) is 0 Å². The second kappa shape index (κ2) is 11.0. The van der Waals surface area contributed by atoms with Gasteiger partial charge in [0.1, 0.15) is 0 Å². The molecular weight excluding hydrogens is 172 g/mol. The number of quaternary nitrogens is 1. The van der Waals surface area contributed by atoms with Crippen molar-refractivity contribution in [2.75, 3.05) is 40.8 Å². The maximum absolute atomic E-state index is 3.19. The zero-order chi connectivity index (χ0) is 11.4. The Kier molecular flexibility index (Phi) is 12.8. The van der Waals surface area contributed by atoms with Crippen molar-refractivity contribution < 1.29 is 4.48 Å². The van der Waals surface area contributed by atoms with Gasteiger partial charge in [0.2, 0.25) is 0 Å². The highest BCUT2D eigenvalue weighted by atomic mass is 15.3. The molecule has 1 N–H and O–H groups in total. The summed E-state index contributed by atoms with van der Waals surface area (Å²) in [6, 6.07) is 0. The minimum absolute atomic E-state index is 1.15. The van der Waals surface area contributed by atoms with Crippen molar-refractivity contribution in [1.29, 1.82) is 0 Å². The van der Waals surface area contributed by atoms with Crippen LogP contribution in [0.25, 0.3) is 0 Å². The lowest BCUT2D eigenvalue weighted by Crippen LogP contribution is -2.42. The van der Waals surface area contributed by atoms with Gasteiger partial charge in [-0.15, -0.1) is 0 Å². The minimum atomic E-state index is 1.15. The van der Waals surface area contributed by atoms with Gasteiger partial charge in [0, 0.05) is 13.0 Å². The molecule has 0 fully saturated rings. The Labute approximate surface area is 91.3 Å². The van der Waals surface area contributed by atoms with Crippen LogP contribution in [-0.2, 0) is 0 Å². The van der Waals surface area contributed by atoms with Gasteiger partial charge in [-0.1, -0.05) is 27.2 Å². The number of hydrogen-bond acceptors (Lipinski definition) is 1. The van der Waals surface area contributed by atoms with E-state index in [0.717, 1.165) is 6.54 Å². The molecule has 0 aliphatic carbocycles. The van der Waals surface area contributed by atoms with Crippen LogP contribution < -0.4 is 5.32 Å². The van der Waals surface area contributed by atoms with E-state index < -0.39 is 0 Å². The van der Waals surface area contributed by atoms with Gasteiger partial charge in [-0.25, -0.2) is 0 Å². The quantitative estimate of drug-likeness (QED) is 0.495. The third-order valence-electron chi connectivity index (χ3n) is 2.31.